The van der Waals surface area contributed by atoms with Crippen LogP contribution < -0.4 is 0 Å². The van der Waals surface area contributed by atoms with E-state index in [1.165, 1.54) is 12.8 Å². The minimum absolute atomic E-state index is 0.0758. The fraction of sp³-hybridized carbons (Fsp3) is 0.733. The standard InChI is InChI=1S/C15H24N4O2/c1-17-5-6-21-14(10-17)11-19(8-12-3-4-12)15(20)13-7-16-18(2)9-13/h7,9,12,14H,3-6,8,10-11H2,1-2H3. The molecule has 1 amide bonds. The van der Waals surface area contributed by atoms with Gasteiger partial charge in [0.2, 0.25) is 0 Å². The number of ether oxygens (including phenoxy) is 1. The van der Waals surface area contributed by atoms with E-state index in [9.17, 15) is 4.79 Å². The smallest absolute Gasteiger partial charge is 0.257 e. The largest absolute Gasteiger partial charge is 0.374 e. The van der Waals surface area contributed by atoms with Gasteiger partial charge in [0.15, 0.2) is 0 Å². The Kier molecular flexibility index (Phi) is 4.26. The second-order valence-electron chi connectivity index (χ2n) is 6.31. The Morgan fingerprint density at radius 1 is 1.43 bits per heavy atom. The van der Waals surface area contributed by atoms with Gasteiger partial charge in [-0.05, 0) is 25.8 Å². The van der Waals surface area contributed by atoms with E-state index in [1.807, 2.05) is 11.9 Å². The van der Waals surface area contributed by atoms with Crippen molar-refractivity contribution in [3.63, 3.8) is 0 Å². The Hall–Kier alpha value is -1.40. The van der Waals surface area contributed by atoms with Crippen LogP contribution in [0.3, 0.4) is 0 Å². The molecule has 116 valence electrons. The fourth-order valence-corrected chi connectivity index (χ4v) is 2.79. The number of carbonyl (C=O) groups is 1. The summed E-state index contributed by atoms with van der Waals surface area (Å²) in [7, 11) is 3.94. The van der Waals surface area contributed by atoms with Crippen molar-refractivity contribution in [3.8, 4) is 0 Å². The monoisotopic (exact) mass is 292 g/mol. The topological polar surface area (TPSA) is 50.6 Å². The molecule has 6 nitrogen and oxygen atoms in total. The van der Waals surface area contributed by atoms with Crippen LogP contribution in [0.2, 0.25) is 0 Å². The molecule has 2 heterocycles. The van der Waals surface area contributed by atoms with Crippen molar-refractivity contribution in [2.45, 2.75) is 18.9 Å². The van der Waals surface area contributed by atoms with Crippen molar-refractivity contribution in [2.24, 2.45) is 13.0 Å². The van der Waals surface area contributed by atoms with E-state index in [2.05, 4.69) is 17.0 Å². The SMILES string of the molecule is CN1CCOC(CN(CC2CC2)C(=O)c2cnn(C)c2)C1. The first-order chi connectivity index (χ1) is 10.1. The molecular formula is C15H24N4O2. The van der Waals surface area contributed by atoms with Crippen LogP contribution in [-0.2, 0) is 11.8 Å². The van der Waals surface area contributed by atoms with Gasteiger partial charge in [-0.1, -0.05) is 0 Å². The van der Waals surface area contributed by atoms with Crippen molar-refractivity contribution in [1.29, 1.82) is 0 Å². The molecule has 2 fully saturated rings. The summed E-state index contributed by atoms with van der Waals surface area (Å²) < 4.78 is 7.49. The molecule has 21 heavy (non-hydrogen) atoms. The number of nitrogens with zero attached hydrogens (tertiary/aromatic N) is 4. The van der Waals surface area contributed by atoms with Crippen LogP contribution in [0.5, 0.6) is 0 Å². The van der Waals surface area contributed by atoms with Crippen LogP contribution in [0.15, 0.2) is 12.4 Å². The molecule has 0 spiro atoms. The van der Waals surface area contributed by atoms with Crippen molar-refractivity contribution in [3.05, 3.63) is 18.0 Å². The van der Waals surface area contributed by atoms with Gasteiger partial charge in [0.05, 0.1) is 24.5 Å². The molecule has 1 saturated carbocycles. The highest BCUT2D eigenvalue weighted by Crippen LogP contribution is 2.30. The van der Waals surface area contributed by atoms with E-state index in [0.717, 1.165) is 26.2 Å². The molecule has 1 unspecified atom stereocenters. The zero-order valence-corrected chi connectivity index (χ0v) is 12.9. The summed E-state index contributed by atoms with van der Waals surface area (Å²) in [5, 5.41) is 4.10. The van der Waals surface area contributed by atoms with Gasteiger partial charge in [-0.3, -0.25) is 9.48 Å². The highest BCUT2D eigenvalue weighted by Gasteiger charge is 2.30. The maximum Gasteiger partial charge on any atom is 0.257 e. The molecular weight excluding hydrogens is 268 g/mol. The summed E-state index contributed by atoms with van der Waals surface area (Å²) in [6.07, 6.45) is 6.03. The van der Waals surface area contributed by atoms with Gasteiger partial charge in [-0.2, -0.15) is 5.10 Å². The van der Waals surface area contributed by atoms with Crippen LogP contribution in [-0.4, -0.2) is 71.4 Å². The molecule has 1 aromatic rings. The molecule has 0 bridgehead atoms. The fourth-order valence-electron chi connectivity index (χ4n) is 2.79. The molecule has 0 N–H and O–H groups in total. The Bertz CT molecular complexity index is 498. The lowest BCUT2D eigenvalue weighted by Gasteiger charge is -2.34. The Morgan fingerprint density at radius 2 is 2.24 bits per heavy atom. The van der Waals surface area contributed by atoms with Gasteiger partial charge in [0, 0.05) is 39.4 Å². The zero-order chi connectivity index (χ0) is 14.8. The third kappa shape index (κ3) is 3.83. The Balaban J connectivity index is 1.66. The molecule has 1 aliphatic carbocycles. The average Bonchev–Trinajstić information content (AvgIpc) is 3.16. The summed E-state index contributed by atoms with van der Waals surface area (Å²) in [4.78, 5) is 16.9. The highest BCUT2D eigenvalue weighted by atomic mass is 16.5. The van der Waals surface area contributed by atoms with Gasteiger partial charge < -0.3 is 14.5 Å². The normalized spacial score (nSPS) is 23.2. The summed E-state index contributed by atoms with van der Waals surface area (Å²) in [5.74, 6) is 0.749. The van der Waals surface area contributed by atoms with E-state index in [0.29, 0.717) is 18.0 Å². The predicted octanol–water partition coefficient (Wildman–Crippen LogP) is 0.603. The van der Waals surface area contributed by atoms with Crippen LogP contribution in [0.25, 0.3) is 0 Å². The molecule has 3 rings (SSSR count). The Morgan fingerprint density at radius 3 is 2.86 bits per heavy atom. The third-order valence-electron chi connectivity index (χ3n) is 4.18. The van der Waals surface area contributed by atoms with Crippen LogP contribution in [0, 0.1) is 5.92 Å². The number of hydrogen-bond donors (Lipinski definition) is 0. The van der Waals surface area contributed by atoms with Crippen LogP contribution >= 0.6 is 0 Å². The predicted molar refractivity (Wildman–Crippen MR) is 79.1 cm³/mol. The molecule has 0 aromatic carbocycles. The lowest BCUT2D eigenvalue weighted by molar-refractivity contribution is -0.0331. The minimum Gasteiger partial charge on any atom is -0.374 e. The summed E-state index contributed by atoms with van der Waals surface area (Å²) in [5.41, 5.74) is 0.669. The minimum atomic E-state index is 0.0758. The number of aryl methyl sites for hydroxylation is 1. The zero-order valence-electron chi connectivity index (χ0n) is 12.9. The number of likely N-dealkylation sites (N-methyl/N-ethyl adjacent to an activating group) is 1. The van der Waals surface area contributed by atoms with Crippen LogP contribution in [0.1, 0.15) is 23.2 Å². The number of aromatic nitrogens is 2. The molecule has 1 aliphatic heterocycles. The van der Waals surface area contributed by atoms with E-state index < -0.39 is 0 Å². The number of rotatable bonds is 5. The summed E-state index contributed by atoms with van der Waals surface area (Å²) >= 11 is 0. The Labute approximate surface area is 125 Å². The van der Waals surface area contributed by atoms with Gasteiger partial charge in [0.25, 0.3) is 5.91 Å². The van der Waals surface area contributed by atoms with Gasteiger partial charge in [-0.25, -0.2) is 0 Å². The van der Waals surface area contributed by atoms with Crippen molar-refractivity contribution >= 4 is 5.91 Å². The average molecular weight is 292 g/mol. The first-order valence-corrected chi connectivity index (χ1v) is 7.70. The maximum absolute atomic E-state index is 12.7. The van der Waals surface area contributed by atoms with Crippen LogP contribution in [0.4, 0.5) is 0 Å². The lowest BCUT2D eigenvalue weighted by atomic mass is 10.2. The second-order valence-corrected chi connectivity index (χ2v) is 6.31. The van der Waals surface area contributed by atoms with Gasteiger partial charge in [0.1, 0.15) is 0 Å². The van der Waals surface area contributed by atoms with Crippen molar-refractivity contribution in [2.75, 3.05) is 39.8 Å². The molecule has 6 heteroatoms. The third-order valence-corrected chi connectivity index (χ3v) is 4.18. The first kappa shape index (κ1) is 14.5. The molecule has 2 aliphatic rings. The summed E-state index contributed by atoms with van der Waals surface area (Å²) in [6, 6.07) is 0. The molecule has 1 aromatic heterocycles. The molecule has 1 atom stereocenters. The maximum atomic E-state index is 12.7. The molecule has 0 radical (unpaired) electrons. The number of amides is 1. The van der Waals surface area contributed by atoms with Crippen molar-refractivity contribution in [1.82, 2.24) is 19.6 Å². The highest BCUT2D eigenvalue weighted by molar-refractivity contribution is 5.93. The lowest BCUT2D eigenvalue weighted by Crippen LogP contribution is -2.48. The van der Waals surface area contributed by atoms with E-state index in [1.54, 1.807) is 17.1 Å². The number of hydrogen-bond acceptors (Lipinski definition) is 4. The van der Waals surface area contributed by atoms with E-state index in [-0.39, 0.29) is 12.0 Å². The second kappa shape index (κ2) is 6.15. The van der Waals surface area contributed by atoms with E-state index in [4.69, 9.17) is 4.74 Å². The van der Waals surface area contributed by atoms with E-state index >= 15 is 0 Å². The first-order valence-electron chi connectivity index (χ1n) is 7.70. The number of morpholine rings is 1. The van der Waals surface area contributed by atoms with Crippen molar-refractivity contribution < 1.29 is 9.53 Å². The summed E-state index contributed by atoms with van der Waals surface area (Å²) in [6.45, 7) is 4.13. The number of carbonyl (C=O) groups excluding carboxylic acids is 1. The van der Waals surface area contributed by atoms with Gasteiger partial charge in [-0.15, -0.1) is 0 Å². The molecule has 1 saturated heterocycles. The quantitative estimate of drug-likeness (QED) is 0.797. The van der Waals surface area contributed by atoms with Gasteiger partial charge >= 0.3 is 0 Å².